The van der Waals surface area contributed by atoms with E-state index in [2.05, 4.69) is 0 Å². The smallest absolute Gasteiger partial charge is 0.253 e. The second kappa shape index (κ2) is 5.51. The quantitative estimate of drug-likeness (QED) is 0.768. The molecule has 5 heteroatoms. The fourth-order valence-corrected chi connectivity index (χ4v) is 1.63. The van der Waals surface area contributed by atoms with Gasteiger partial charge in [0.05, 0.1) is 5.02 Å². The summed E-state index contributed by atoms with van der Waals surface area (Å²) in [4.78, 5) is 13.2. The average Bonchev–Trinajstić information content (AvgIpc) is 2.20. The molecular weight excluding hydrogens is 252 g/mol. The van der Waals surface area contributed by atoms with Crippen molar-refractivity contribution >= 4 is 29.1 Å². The summed E-state index contributed by atoms with van der Waals surface area (Å²) in [6.45, 7) is 2.19. The van der Waals surface area contributed by atoms with E-state index in [0.717, 1.165) is 6.07 Å². The topological polar surface area (TPSA) is 20.3 Å². The summed E-state index contributed by atoms with van der Waals surface area (Å²) in [6.07, 6.45) is 0. The molecule has 0 aromatic heterocycles. The monoisotopic (exact) mass is 263 g/mol. The molecule has 0 heterocycles. The maximum Gasteiger partial charge on any atom is 0.253 e. The van der Waals surface area contributed by atoms with Crippen LogP contribution in [0.1, 0.15) is 17.3 Å². The highest BCUT2D eigenvalue weighted by Crippen LogP contribution is 2.16. The Hall–Kier alpha value is -0.800. The summed E-state index contributed by atoms with van der Waals surface area (Å²) in [5.74, 6) is -0.872. The molecule has 0 saturated heterocycles. The Bertz CT molecular complexity index is 396. The fourth-order valence-electron chi connectivity index (χ4n) is 1.31. The molecule has 0 radical (unpaired) electrons. The van der Waals surface area contributed by atoms with Gasteiger partial charge in [0.1, 0.15) is 5.82 Å². The molecule has 1 atom stereocenters. The first kappa shape index (κ1) is 13.3. The van der Waals surface area contributed by atoms with Gasteiger partial charge in [0.2, 0.25) is 0 Å². The van der Waals surface area contributed by atoms with Crippen LogP contribution < -0.4 is 0 Å². The molecule has 0 saturated carbocycles. The first-order chi connectivity index (χ1) is 7.41. The zero-order chi connectivity index (χ0) is 12.3. The summed E-state index contributed by atoms with van der Waals surface area (Å²) in [5, 5.41) is -0.143. The molecule has 88 valence electrons. The van der Waals surface area contributed by atoms with E-state index in [1.165, 1.54) is 17.0 Å². The Morgan fingerprint density at radius 1 is 1.56 bits per heavy atom. The average molecular weight is 264 g/mol. The van der Waals surface area contributed by atoms with Gasteiger partial charge < -0.3 is 4.90 Å². The van der Waals surface area contributed by atoms with Crippen molar-refractivity contribution in [3.05, 3.63) is 34.6 Å². The second-order valence-electron chi connectivity index (χ2n) is 3.60. The van der Waals surface area contributed by atoms with Crippen molar-refractivity contribution in [1.82, 2.24) is 4.90 Å². The van der Waals surface area contributed by atoms with E-state index < -0.39 is 5.82 Å². The molecule has 16 heavy (non-hydrogen) atoms. The lowest BCUT2D eigenvalue weighted by atomic mass is 10.2. The molecule has 1 unspecified atom stereocenters. The van der Waals surface area contributed by atoms with Gasteiger partial charge in [0.15, 0.2) is 0 Å². The summed E-state index contributed by atoms with van der Waals surface area (Å²) in [6, 6.07) is 3.98. The molecule has 0 spiro atoms. The Labute approximate surface area is 104 Å². The molecule has 0 N–H and O–H groups in total. The van der Waals surface area contributed by atoms with Crippen LogP contribution in [0.4, 0.5) is 4.39 Å². The van der Waals surface area contributed by atoms with E-state index in [9.17, 15) is 9.18 Å². The standard InChI is InChI=1S/C11H12Cl2FNO/c1-7(12)6-15(2)11(16)8-3-4-9(13)10(14)5-8/h3-5,7H,6H2,1-2H3. The minimum Gasteiger partial charge on any atom is -0.340 e. The van der Waals surface area contributed by atoms with Gasteiger partial charge in [-0.25, -0.2) is 4.39 Å². The number of alkyl halides is 1. The van der Waals surface area contributed by atoms with Gasteiger partial charge in [0.25, 0.3) is 5.91 Å². The maximum atomic E-state index is 13.1. The number of nitrogens with zero attached hydrogens (tertiary/aromatic N) is 1. The van der Waals surface area contributed by atoms with Crippen LogP contribution in [0.3, 0.4) is 0 Å². The highest BCUT2D eigenvalue weighted by atomic mass is 35.5. The van der Waals surface area contributed by atoms with E-state index in [1.807, 2.05) is 0 Å². The molecule has 0 fully saturated rings. The van der Waals surface area contributed by atoms with Gasteiger partial charge >= 0.3 is 0 Å². The van der Waals surface area contributed by atoms with Crippen molar-refractivity contribution < 1.29 is 9.18 Å². The van der Waals surface area contributed by atoms with Crippen molar-refractivity contribution in [2.45, 2.75) is 12.3 Å². The summed E-state index contributed by atoms with van der Waals surface area (Å²) in [7, 11) is 1.62. The predicted octanol–water partition coefficient (Wildman–Crippen LogP) is 3.18. The molecule has 1 aromatic rings. The van der Waals surface area contributed by atoms with Crippen molar-refractivity contribution in [2.24, 2.45) is 0 Å². The number of halogens is 3. The zero-order valence-corrected chi connectivity index (χ0v) is 10.5. The van der Waals surface area contributed by atoms with Gasteiger partial charge in [0, 0.05) is 24.5 Å². The van der Waals surface area contributed by atoms with Crippen LogP contribution in [-0.2, 0) is 0 Å². The number of hydrogen-bond donors (Lipinski definition) is 0. The molecule has 0 bridgehead atoms. The van der Waals surface area contributed by atoms with Crippen LogP contribution in [-0.4, -0.2) is 29.8 Å². The first-order valence-electron chi connectivity index (χ1n) is 4.76. The van der Waals surface area contributed by atoms with Crippen molar-refractivity contribution in [1.29, 1.82) is 0 Å². The van der Waals surface area contributed by atoms with E-state index >= 15 is 0 Å². The first-order valence-corrected chi connectivity index (χ1v) is 5.58. The van der Waals surface area contributed by atoms with Gasteiger partial charge in [-0.2, -0.15) is 0 Å². The summed E-state index contributed by atoms with van der Waals surface area (Å²) >= 11 is 11.3. The van der Waals surface area contributed by atoms with E-state index in [4.69, 9.17) is 23.2 Å². The van der Waals surface area contributed by atoms with Gasteiger partial charge in [-0.05, 0) is 25.1 Å². The molecule has 1 aromatic carbocycles. The molecule has 1 amide bonds. The van der Waals surface area contributed by atoms with E-state index in [1.54, 1.807) is 14.0 Å². The molecule has 0 aliphatic rings. The Morgan fingerprint density at radius 3 is 2.69 bits per heavy atom. The van der Waals surface area contributed by atoms with Crippen LogP contribution >= 0.6 is 23.2 Å². The lowest BCUT2D eigenvalue weighted by Crippen LogP contribution is -2.31. The van der Waals surface area contributed by atoms with Gasteiger partial charge in [-0.1, -0.05) is 11.6 Å². The summed E-state index contributed by atoms with van der Waals surface area (Å²) < 4.78 is 13.1. The Balaban J connectivity index is 2.84. The highest BCUT2D eigenvalue weighted by molar-refractivity contribution is 6.30. The number of rotatable bonds is 3. The zero-order valence-electron chi connectivity index (χ0n) is 9.01. The van der Waals surface area contributed by atoms with Crippen LogP contribution in [0, 0.1) is 5.82 Å². The number of hydrogen-bond acceptors (Lipinski definition) is 1. The molecular formula is C11H12Cl2FNO. The molecule has 0 aliphatic heterocycles. The predicted molar refractivity (Wildman–Crippen MR) is 63.7 cm³/mol. The van der Waals surface area contributed by atoms with Crippen LogP contribution in [0.5, 0.6) is 0 Å². The molecule has 0 aliphatic carbocycles. The number of carbonyl (C=O) groups excluding carboxylic acids is 1. The number of amides is 1. The third kappa shape index (κ3) is 3.35. The van der Waals surface area contributed by atoms with E-state index in [-0.39, 0.29) is 21.9 Å². The van der Waals surface area contributed by atoms with Crippen molar-refractivity contribution in [3.63, 3.8) is 0 Å². The number of carbonyl (C=O) groups is 1. The van der Waals surface area contributed by atoms with Gasteiger partial charge in [-0.3, -0.25) is 4.79 Å². The van der Waals surface area contributed by atoms with Crippen LogP contribution in [0.2, 0.25) is 5.02 Å². The normalized spacial score (nSPS) is 12.3. The number of benzene rings is 1. The highest BCUT2D eigenvalue weighted by Gasteiger charge is 2.14. The minimum absolute atomic E-state index is 0.00455. The fraction of sp³-hybridized carbons (Fsp3) is 0.364. The lowest BCUT2D eigenvalue weighted by molar-refractivity contribution is 0.0795. The second-order valence-corrected chi connectivity index (χ2v) is 4.75. The Morgan fingerprint density at radius 2 is 2.19 bits per heavy atom. The summed E-state index contributed by atoms with van der Waals surface area (Å²) in [5.41, 5.74) is 0.265. The third-order valence-electron chi connectivity index (χ3n) is 2.04. The van der Waals surface area contributed by atoms with E-state index in [0.29, 0.717) is 6.54 Å². The maximum absolute atomic E-state index is 13.1. The van der Waals surface area contributed by atoms with Crippen molar-refractivity contribution in [2.75, 3.05) is 13.6 Å². The van der Waals surface area contributed by atoms with Crippen LogP contribution in [0.15, 0.2) is 18.2 Å². The molecule has 2 nitrogen and oxygen atoms in total. The van der Waals surface area contributed by atoms with Crippen LogP contribution in [0.25, 0.3) is 0 Å². The minimum atomic E-state index is -0.597. The van der Waals surface area contributed by atoms with Crippen molar-refractivity contribution in [3.8, 4) is 0 Å². The third-order valence-corrected chi connectivity index (χ3v) is 2.48. The molecule has 1 rings (SSSR count). The lowest BCUT2D eigenvalue weighted by Gasteiger charge is -2.18. The largest absolute Gasteiger partial charge is 0.340 e. The Kier molecular flexibility index (Phi) is 4.56. The van der Waals surface area contributed by atoms with Gasteiger partial charge in [-0.15, -0.1) is 11.6 Å². The SMILES string of the molecule is CC(Cl)CN(C)C(=O)c1ccc(Cl)c(F)c1.